The van der Waals surface area contributed by atoms with Crippen molar-refractivity contribution in [2.24, 2.45) is 5.73 Å². The first kappa shape index (κ1) is 19.4. The lowest BCUT2D eigenvalue weighted by molar-refractivity contribution is -0.117. The van der Waals surface area contributed by atoms with Crippen LogP contribution in [0.5, 0.6) is 0 Å². The van der Waals surface area contributed by atoms with Crippen molar-refractivity contribution in [3.05, 3.63) is 69.9 Å². The van der Waals surface area contributed by atoms with Gasteiger partial charge in [0.25, 0.3) is 5.56 Å². The number of halogens is 1. The van der Waals surface area contributed by atoms with Crippen molar-refractivity contribution >= 4 is 15.7 Å². The number of amides is 1. The van der Waals surface area contributed by atoms with Crippen LogP contribution in [0.25, 0.3) is 0 Å². The third-order valence-corrected chi connectivity index (χ3v) is 5.16. The van der Waals surface area contributed by atoms with Crippen LogP contribution in [0, 0.1) is 17.7 Å². The molecule has 26 heavy (non-hydrogen) atoms. The van der Waals surface area contributed by atoms with Gasteiger partial charge in [-0.1, -0.05) is 30.0 Å². The van der Waals surface area contributed by atoms with Gasteiger partial charge in [-0.2, -0.15) is 0 Å². The summed E-state index contributed by atoms with van der Waals surface area (Å²) in [5, 5.41) is -1.44. The molecule has 0 spiro atoms. The van der Waals surface area contributed by atoms with Crippen LogP contribution in [0.1, 0.15) is 17.5 Å². The molecule has 0 radical (unpaired) electrons. The lowest BCUT2D eigenvalue weighted by Gasteiger charge is -2.12. The summed E-state index contributed by atoms with van der Waals surface area (Å²) >= 11 is 0. The molecule has 1 aromatic carbocycles. The summed E-state index contributed by atoms with van der Waals surface area (Å²) in [6, 6.07) is 9.93. The SMILES string of the molecule is CS(=O)(=O)[C@H](CCn1cc(F)c(C#Cc2ccccc2)cc1=O)C(N)=O. The number of sulfone groups is 1. The summed E-state index contributed by atoms with van der Waals surface area (Å²) in [6.07, 6.45) is 1.61. The number of hydrogen-bond acceptors (Lipinski definition) is 4. The largest absolute Gasteiger partial charge is 0.369 e. The molecule has 6 nitrogen and oxygen atoms in total. The number of pyridine rings is 1. The van der Waals surface area contributed by atoms with Crippen molar-refractivity contribution in [2.45, 2.75) is 18.2 Å². The Morgan fingerprint density at radius 2 is 1.92 bits per heavy atom. The van der Waals surface area contributed by atoms with Crippen LogP contribution < -0.4 is 11.3 Å². The highest BCUT2D eigenvalue weighted by Gasteiger charge is 2.26. The Morgan fingerprint density at radius 3 is 2.50 bits per heavy atom. The fourth-order valence-electron chi connectivity index (χ4n) is 2.30. The average Bonchev–Trinajstić information content (AvgIpc) is 2.56. The van der Waals surface area contributed by atoms with Gasteiger partial charge in [0.05, 0.1) is 5.56 Å². The van der Waals surface area contributed by atoms with Gasteiger partial charge in [0.1, 0.15) is 5.25 Å². The molecule has 0 saturated carbocycles. The molecule has 0 bridgehead atoms. The van der Waals surface area contributed by atoms with Gasteiger partial charge in [0.2, 0.25) is 5.91 Å². The maximum Gasteiger partial charge on any atom is 0.251 e. The minimum atomic E-state index is -3.71. The van der Waals surface area contributed by atoms with E-state index in [1.165, 1.54) is 0 Å². The molecule has 0 unspecified atom stereocenters. The van der Waals surface area contributed by atoms with Gasteiger partial charge in [-0.05, 0) is 18.6 Å². The number of nitrogens with two attached hydrogens (primary N) is 1. The third kappa shape index (κ3) is 5.04. The van der Waals surface area contributed by atoms with E-state index in [0.29, 0.717) is 5.56 Å². The lowest BCUT2D eigenvalue weighted by atomic mass is 10.2. The third-order valence-electron chi connectivity index (χ3n) is 3.66. The van der Waals surface area contributed by atoms with E-state index in [1.807, 2.05) is 6.07 Å². The topological polar surface area (TPSA) is 99.2 Å². The molecule has 8 heteroatoms. The number of hydrogen-bond donors (Lipinski definition) is 1. The Kier molecular flexibility index (Phi) is 5.95. The zero-order chi connectivity index (χ0) is 19.3. The highest BCUT2D eigenvalue weighted by Crippen LogP contribution is 2.08. The van der Waals surface area contributed by atoms with E-state index in [1.54, 1.807) is 24.3 Å². The number of aromatic nitrogens is 1. The fourth-order valence-corrected chi connectivity index (χ4v) is 3.26. The number of benzene rings is 1. The summed E-state index contributed by atoms with van der Waals surface area (Å²) in [5.41, 5.74) is 5.13. The zero-order valence-electron chi connectivity index (χ0n) is 14.0. The first-order valence-corrected chi connectivity index (χ1v) is 9.59. The molecular weight excluding hydrogens is 359 g/mol. The minimum absolute atomic E-state index is 0.0651. The molecule has 0 aliphatic heterocycles. The number of primary amides is 1. The zero-order valence-corrected chi connectivity index (χ0v) is 14.8. The van der Waals surface area contributed by atoms with Crippen molar-refractivity contribution in [3.63, 3.8) is 0 Å². The second kappa shape index (κ2) is 7.97. The smallest absolute Gasteiger partial charge is 0.251 e. The van der Waals surface area contributed by atoms with Gasteiger partial charge in [-0.3, -0.25) is 9.59 Å². The minimum Gasteiger partial charge on any atom is -0.369 e. The molecule has 0 aliphatic carbocycles. The van der Waals surface area contributed by atoms with Crippen molar-refractivity contribution in [1.82, 2.24) is 4.57 Å². The standard InChI is InChI=1S/C18H17FN2O4S/c1-26(24,25)16(18(20)23)9-10-21-12-15(19)14(11-17(21)22)8-7-13-5-3-2-4-6-13/h2-6,11-12,16H,9-10H2,1H3,(H2,20,23)/t16-/m1/s1. The maximum atomic E-state index is 14.2. The molecule has 0 fully saturated rings. The van der Waals surface area contributed by atoms with Crippen LogP contribution in [-0.2, 0) is 21.2 Å². The number of rotatable bonds is 5. The summed E-state index contributed by atoms with van der Waals surface area (Å²) in [4.78, 5) is 23.4. The van der Waals surface area contributed by atoms with E-state index >= 15 is 0 Å². The first-order valence-electron chi connectivity index (χ1n) is 7.63. The van der Waals surface area contributed by atoms with Crippen molar-refractivity contribution in [3.8, 4) is 11.8 Å². The molecule has 2 aromatic rings. The predicted octanol–water partition coefficient (Wildman–Crippen LogP) is 0.676. The normalized spacial score (nSPS) is 12.1. The Bertz CT molecular complexity index is 1030. The average molecular weight is 376 g/mol. The first-order chi connectivity index (χ1) is 12.2. The van der Waals surface area contributed by atoms with Gasteiger partial charge in [-0.25, -0.2) is 12.8 Å². The van der Waals surface area contributed by atoms with E-state index in [-0.39, 0.29) is 18.5 Å². The summed E-state index contributed by atoms with van der Waals surface area (Å²) in [7, 11) is -3.71. The van der Waals surface area contributed by atoms with E-state index in [4.69, 9.17) is 5.73 Å². The van der Waals surface area contributed by atoms with Crippen molar-refractivity contribution in [2.75, 3.05) is 6.26 Å². The quantitative estimate of drug-likeness (QED) is 0.776. The predicted molar refractivity (Wildman–Crippen MR) is 95.5 cm³/mol. The maximum absolute atomic E-state index is 14.2. The highest BCUT2D eigenvalue weighted by molar-refractivity contribution is 7.92. The summed E-state index contributed by atoms with van der Waals surface area (Å²) in [6.45, 7) is -0.164. The van der Waals surface area contributed by atoms with Gasteiger partial charge in [-0.15, -0.1) is 0 Å². The van der Waals surface area contributed by atoms with Gasteiger partial charge >= 0.3 is 0 Å². The molecule has 1 atom stereocenters. The van der Waals surface area contributed by atoms with Crippen LogP contribution in [-0.4, -0.2) is 30.4 Å². The van der Waals surface area contributed by atoms with Crippen LogP contribution >= 0.6 is 0 Å². The number of nitrogens with zero attached hydrogens (tertiary/aromatic N) is 1. The fraction of sp³-hybridized carbons (Fsp3) is 0.222. The summed E-state index contributed by atoms with van der Waals surface area (Å²) < 4.78 is 38.2. The molecule has 1 aromatic heterocycles. The van der Waals surface area contributed by atoms with Crippen LogP contribution in [0.3, 0.4) is 0 Å². The Labute approximate surface area is 150 Å². The molecule has 2 N–H and O–H groups in total. The van der Waals surface area contributed by atoms with Gasteiger partial charge in [0, 0.05) is 30.6 Å². The lowest BCUT2D eigenvalue weighted by Crippen LogP contribution is -2.37. The second-order valence-electron chi connectivity index (χ2n) is 5.69. The Hall–Kier alpha value is -2.92. The summed E-state index contributed by atoms with van der Waals surface area (Å²) in [5.74, 6) is 3.62. The Morgan fingerprint density at radius 1 is 1.27 bits per heavy atom. The monoisotopic (exact) mass is 376 g/mol. The molecule has 2 rings (SSSR count). The number of aryl methyl sites for hydroxylation is 1. The van der Waals surface area contributed by atoms with Crippen LogP contribution in [0.15, 0.2) is 47.4 Å². The van der Waals surface area contributed by atoms with Gasteiger partial charge < -0.3 is 10.3 Å². The van der Waals surface area contributed by atoms with Crippen molar-refractivity contribution in [1.29, 1.82) is 0 Å². The molecular formula is C18H17FN2O4S. The number of carbonyl (C=O) groups excluding carboxylic acids is 1. The van der Waals surface area contributed by atoms with E-state index in [9.17, 15) is 22.4 Å². The van der Waals surface area contributed by atoms with E-state index in [2.05, 4.69) is 11.8 Å². The van der Waals surface area contributed by atoms with E-state index in [0.717, 1.165) is 23.1 Å². The second-order valence-corrected chi connectivity index (χ2v) is 7.92. The van der Waals surface area contributed by atoms with E-state index < -0.39 is 32.4 Å². The Balaban J connectivity index is 2.23. The molecule has 0 aliphatic rings. The van der Waals surface area contributed by atoms with Crippen molar-refractivity contribution < 1.29 is 17.6 Å². The van der Waals surface area contributed by atoms with Crippen LogP contribution in [0.4, 0.5) is 4.39 Å². The molecule has 1 heterocycles. The van der Waals surface area contributed by atoms with Crippen LogP contribution in [0.2, 0.25) is 0 Å². The molecule has 136 valence electrons. The highest BCUT2D eigenvalue weighted by atomic mass is 32.2. The van der Waals surface area contributed by atoms with Gasteiger partial charge in [0.15, 0.2) is 15.7 Å². The molecule has 0 saturated heterocycles. The molecule has 1 amide bonds. The number of carbonyl (C=O) groups is 1.